The fourth-order valence-corrected chi connectivity index (χ4v) is 4.86. The van der Waals surface area contributed by atoms with Crippen LogP contribution in [0.2, 0.25) is 0 Å². The maximum Gasteiger partial charge on any atom is 0.193 e. The summed E-state index contributed by atoms with van der Waals surface area (Å²) in [6.45, 7) is 3.87. The highest BCUT2D eigenvalue weighted by Gasteiger charge is 2.45. The molecule has 1 aliphatic heterocycles. The Bertz CT molecular complexity index is 983. The second-order valence-electron chi connectivity index (χ2n) is 8.49. The smallest absolute Gasteiger partial charge is 0.193 e. The van der Waals surface area contributed by atoms with Crippen molar-refractivity contribution in [3.8, 4) is 5.75 Å². The predicted octanol–water partition coefficient (Wildman–Crippen LogP) is 1.63. The fraction of sp³-hybridized carbons (Fsp3) is 0.480. The number of ketones is 1. The number of aliphatic hydroxyl groups is 4. The van der Waals surface area contributed by atoms with Gasteiger partial charge in [-0.3, -0.25) is 4.79 Å². The number of hydrogen-bond donors (Lipinski definition) is 4. The molecular formula is C25H30O7. The van der Waals surface area contributed by atoms with Crippen molar-refractivity contribution in [3.63, 3.8) is 0 Å². The average molecular weight is 443 g/mol. The minimum Gasteiger partial charge on any atom is -0.494 e. The van der Waals surface area contributed by atoms with Crippen LogP contribution in [0.25, 0.3) is 0 Å². The van der Waals surface area contributed by atoms with Crippen LogP contribution in [0.4, 0.5) is 0 Å². The molecule has 4 rings (SSSR count). The standard InChI is InChI=1S/C25H30O7/c1-3-31-15-9-7-14(8-10-15)21(27)19-11-18(13(2)16-5-4-6-17(16)19)25-24(30)23(29)22(28)20(12-26)32-25/h7-11,20,22-26,28-30H,3-6,12H2,1-2H3/t20-,22+,23+,24+,25+/m1/s1. The number of ether oxygens (including phenoxy) is 2. The quantitative estimate of drug-likeness (QED) is 0.503. The summed E-state index contributed by atoms with van der Waals surface area (Å²) in [5.74, 6) is 0.567. The Labute approximate surface area is 187 Å². The SMILES string of the molecule is CCOc1ccc(C(=O)c2cc([C@@H]3O[C@H](CO)[C@H](O)[C@H](O)[C@@H]3O)c(C)c3c2CCC3)cc1. The van der Waals surface area contributed by atoms with Crippen molar-refractivity contribution in [2.75, 3.05) is 13.2 Å². The topological polar surface area (TPSA) is 116 Å². The van der Waals surface area contributed by atoms with Crippen molar-refractivity contribution >= 4 is 5.78 Å². The van der Waals surface area contributed by atoms with Gasteiger partial charge >= 0.3 is 0 Å². The Hall–Kier alpha value is -2.29. The van der Waals surface area contributed by atoms with Crippen LogP contribution in [0, 0.1) is 6.92 Å². The Balaban J connectivity index is 1.76. The lowest BCUT2D eigenvalue weighted by atomic mass is 9.84. The number of carbonyl (C=O) groups excluding carboxylic acids is 1. The molecule has 0 spiro atoms. The first-order valence-electron chi connectivity index (χ1n) is 11.1. The van der Waals surface area contributed by atoms with E-state index >= 15 is 0 Å². The van der Waals surface area contributed by atoms with E-state index in [0.29, 0.717) is 29.0 Å². The zero-order valence-corrected chi connectivity index (χ0v) is 18.3. The first-order valence-corrected chi connectivity index (χ1v) is 11.1. The lowest BCUT2D eigenvalue weighted by Gasteiger charge is -2.41. The van der Waals surface area contributed by atoms with Crippen LogP contribution < -0.4 is 4.74 Å². The molecule has 2 aromatic rings. The summed E-state index contributed by atoms with van der Waals surface area (Å²) < 4.78 is 11.3. The summed E-state index contributed by atoms with van der Waals surface area (Å²) in [5, 5.41) is 40.6. The van der Waals surface area contributed by atoms with E-state index in [4.69, 9.17) is 9.47 Å². The maximum absolute atomic E-state index is 13.5. The van der Waals surface area contributed by atoms with Gasteiger partial charge in [-0.15, -0.1) is 0 Å². The fourth-order valence-electron chi connectivity index (χ4n) is 4.86. The van der Waals surface area contributed by atoms with Gasteiger partial charge in [0.05, 0.1) is 13.2 Å². The molecule has 1 fully saturated rings. The molecule has 0 unspecified atom stereocenters. The van der Waals surface area contributed by atoms with Gasteiger partial charge < -0.3 is 29.9 Å². The van der Waals surface area contributed by atoms with Crippen LogP contribution in [0.15, 0.2) is 30.3 Å². The van der Waals surface area contributed by atoms with E-state index in [-0.39, 0.29) is 5.78 Å². The zero-order valence-electron chi connectivity index (χ0n) is 18.3. The van der Waals surface area contributed by atoms with Gasteiger partial charge in [-0.25, -0.2) is 0 Å². The van der Waals surface area contributed by atoms with E-state index in [1.807, 2.05) is 13.8 Å². The molecule has 0 saturated carbocycles. The highest BCUT2D eigenvalue weighted by Crippen LogP contribution is 2.39. The van der Waals surface area contributed by atoms with Gasteiger partial charge in [-0.1, -0.05) is 0 Å². The largest absolute Gasteiger partial charge is 0.494 e. The molecule has 2 aromatic carbocycles. The first-order chi connectivity index (χ1) is 15.4. The van der Waals surface area contributed by atoms with Gasteiger partial charge in [-0.05, 0) is 85.7 Å². The van der Waals surface area contributed by atoms with Crippen molar-refractivity contribution < 1.29 is 34.7 Å². The minimum absolute atomic E-state index is 0.128. The van der Waals surface area contributed by atoms with E-state index in [9.17, 15) is 25.2 Å². The molecule has 172 valence electrons. The lowest BCUT2D eigenvalue weighted by Crippen LogP contribution is -2.55. The lowest BCUT2D eigenvalue weighted by molar-refractivity contribution is -0.231. The number of aliphatic hydroxyl groups excluding tert-OH is 4. The number of benzene rings is 2. The second-order valence-corrected chi connectivity index (χ2v) is 8.49. The van der Waals surface area contributed by atoms with E-state index in [2.05, 4.69) is 0 Å². The summed E-state index contributed by atoms with van der Waals surface area (Å²) in [4.78, 5) is 13.5. The summed E-state index contributed by atoms with van der Waals surface area (Å²) in [6, 6.07) is 8.75. The molecule has 7 nitrogen and oxygen atoms in total. The molecule has 32 heavy (non-hydrogen) atoms. The Morgan fingerprint density at radius 2 is 1.75 bits per heavy atom. The van der Waals surface area contributed by atoms with E-state index in [1.54, 1.807) is 30.3 Å². The Kier molecular flexibility index (Phi) is 6.65. The number of carbonyl (C=O) groups is 1. The monoisotopic (exact) mass is 442 g/mol. The van der Waals surface area contributed by atoms with Gasteiger partial charge in [0.25, 0.3) is 0 Å². The molecule has 4 N–H and O–H groups in total. The van der Waals surface area contributed by atoms with Gasteiger partial charge in [0.15, 0.2) is 5.78 Å². The highest BCUT2D eigenvalue weighted by atomic mass is 16.5. The van der Waals surface area contributed by atoms with Crippen LogP contribution in [0.1, 0.15) is 57.6 Å². The van der Waals surface area contributed by atoms with Crippen LogP contribution in [-0.2, 0) is 17.6 Å². The van der Waals surface area contributed by atoms with E-state index < -0.39 is 37.1 Å². The van der Waals surface area contributed by atoms with Gasteiger partial charge in [0.2, 0.25) is 0 Å². The summed E-state index contributed by atoms with van der Waals surface area (Å²) >= 11 is 0. The molecule has 1 aliphatic carbocycles. The molecule has 0 bridgehead atoms. The van der Waals surface area contributed by atoms with Gasteiger partial charge in [0.1, 0.15) is 36.3 Å². The van der Waals surface area contributed by atoms with Crippen LogP contribution >= 0.6 is 0 Å². The third kappa shape index (κ3) is 3.95. The van der Waals surface area contributed by atoms with Crippen molar-refractivity contribution in [3.05, 3.63) is 63.7 Å². The minimum atomic E-state index is -1.47. The molecular weight excluding hydrogens is 412 g/mol. The molecule has 2 aliphatic rings. The second kappa shape index (κ2) is 9.29. The van der Waals surface area contributed by atoms with Crippen LogP contribution in [0.5, 0.6) is 5.75 Å². The summed E-state index contributed by atoms with van der Waals surface area (Å²) in [6.07, 6.45) is -3.72. The first kappa shape index (κ1) is 22.9. The van der Waals surface area contributed by atoms with Crippen molar-refractivity contribution in [2.24, 2.45) is 0 Å². The number of hydrogen-bond acceptors (Lipinski definition) is 7. The van der Waals surface area contributed by atoms with Gasteiger partial charge in [-0.2, -0.15) is 0 Å². The third-order valence-corrected chi connectivity index (χ3v) is 6.60. The average Bonchev–Trinajstić information content (AvgIpc) is 3.29. The van der Waals surface area contributed by atoms with Crippen LogP contribution in [-0.4, -0.2) is 63.8 Å². The van der Waals surface area contributed by atoms with E-state index in [1.165, 1.54) is 0 Å². The molecule has 0 radical (unpaired) electrons. The molecule has 0 amide bonds. The highest BCUT2D eigenvalue weighted by molar-refractivity contribution is 6.10. The summed E-state index contributed by atoms with van der Waals surface area (Å²) in [7, 11) is 0. The third-order valence-electron chi connectivity index (χ3n) is 6.60. The van der Waals surface area contributed by atoms with E-state index in [0.717, 1.165) is 36.0 Å². The van der Waals surface area contributed by atoms with Crippen molar-refractivity contribution in [2.45, 2.75) is 63.6 Å². The number of fused-ring (bicyclic) bond motifs is 1. The Morgan fingerprint density at radius 3 is 2.41 bits per heavy atom. The zero-order chi connectivity index (χ0) is 23.0. The summed E-state index contributed by atoms with van der Waals surface area (Å²) in [5.41, 5.74) is 4.66. The normalized spacial score (nSPS) is 27.2. The van der Waals surface area contributed by atoms with Crippen LogP contribution in [0.3, 0.4) is 0 Å². The van der Waals surface area contributed by atoms with Crippen molar-refractivity contribution in [1.29, 1.82) is 0 Å². The molecule has 7 heteroatoms. The molecule has 5 atom stereocenters. The maximum atomic E-state index is 13.5. The van der Waals surface area contributed by atoms with Crippen molar-refractivity contribution in [1.82, 2.24) is 0 Å². The predicted molar refractivity (Wildman–Crippen MR) is 117 cm³/mol. The molecule has 1 heterocycles. The van der Waals surface area contributed by atoms with Gasteiger partial charge in [0, 0.05) is 11.1 Å². The molecule has 0 aromatic heterocycles. The Morgan fingerprint density at radius 1 is 1.06 bits per heavy atom. The molecule has 1 saturated heterocycles. The number of rotatable bonds is 6.